The van der Waals surface area contributed by atoms with Crippen LogP contribution in [0.25, 0.3) is 10.9 Å². The molecule has 2 heterocycles. The standard InChI is InChI=1S/C21H22ClFN4O2.ClH2N/c22-18-12-15(2-5-19(18)23)26-21-17-4-3-16(13-20(17)24-14-25-21)29-9-1-6-27-7-10-28-11-8-27;1-2/h2-5,12-14H,1,6-11H2,(H,24,25,26);2H2. The molecule has 3 N–H and O–H groups in total. The fourth-order valence-corrected chi connectivity index (χ4v) is 3.42. The molecule has 0 aliphatic carbocycles. The monoisotopic (exact) mass is 467 g/mol. The van der Waals surface area contributed by atoms with Crippen LogP contribution < -0.4 is 15.3 Å². The lowest BCUT2D eigenvalue weighted by Crippen LogP contribution is -2.37. The second-order valence-corrected chi connectivity index (χ2v) is 7.22. The highest BCUT2D eigenvalue weighted by Gasteiger charge is 2.10. The van der Waals surface area contributed by atoms with Crippen LogP contribution in [-0.2, 0) is 4.74 Å². The van der Waals surface area contributed by atoms with Crippen molar-refractivity contribution in [1.29, 1.82) is 0 Å². The maximum absolute atomic E-state index is 13.4. The smallest absolute Gasteiger partial charge is 0.141 e. The van der Waals surface area contributed by atoms with Crippen LogP contribution in [0.1, 0.15) is 6.42 Å². The molecule has 1 aliphatic rings. The predicted molar refractivity (Wildman–Crippen MR) is 122 cm³/mol. The molecular formula is C21H24Cl2FN5O2. The summed E-state index contributed by atoms with van der Waals surface area (Å²) < 4.78 is 24.6. The molecule has 0 radical (unpaired) electrons. The van der Waals surface area contributed by atoms with Gasteiger partial charge in [-0.1, -0.05) is 11.6 Å². The van der Waals surface area contributed by atoms with E-state index in [4.69, 9.17) is 21.1 Å². The molecule has 1 saturated heterocycles. The molecule has 3 aromatic rings. The molecule has 1 fully saturated rings. The lowest BCUT2D eigenvalue weighted by molar-refractivity contribution is 0.0358. The summed E-state index contributed by atoms with van der Waals surface area (Å²) in [5.74, 6) is 0.936. The van der Waals surface area contributed by atoms with E-state index in [0.717, 1.165) is 55.9 Å². The number of hydrogen-bond acceptors (Lipinski definition) is 7. The number of rotatable bonds is 7. The van der Waals surface area contributed by atoms with E-state index in [-0.39, 0.29) is 5.02 Å². The lowest BCUT2D eigenvalue weighted by atomic mass is 10.2. The highest BCUT2D eigenvalue weighted by molar-refractivity contribution is 6.31. The number of halogens is 3. The molecule has 1 aliphatic heterocycles. The van der Waals surface area contributed by atoms with Gasteiger partial charge in [-0.15, -0.1) is 0 Å². The maximum Gasteiger partial charge on any atom is 0.141 e. The number of ether oxygens (including phenoxy) is 2. The zero-order valence-electron chi connectivity index (χ0n) is 16.9. The largest absolute Gasteiger partial charge is 0.493 e. The summed E-state index contributed by atoms with van der Waals surface area (Å²) in [5, 5.41) is 8.03. The minimum atomic E-state index is -0.458. The Balaban J connectivity index is 0.00000132. The molecule has 1 aromatic heterocycles. The normalized spacial score (nSPS) is 14.1. The SMILES string of the molecule is Fc1ccc(Nc2ncnc3cc(OCCCN4CCOCC4)ccc23)cc1Cl.NCl. The van der Waals surface area contributed by atoms with Crippen LogP contribution in [0.15, 0.2) is 42.7 Å². The van der Waals surface area contributed by atoms with Crippen molar-refractivity contribution in [3.8, 4) is 5.75 Å². The van der Waals surface area contributed by atoms with Crippen molar-refractivity contribution in [3.05, 3.63) is 53.6 Å². The van der Waals surface area contributed by atoms with E-state index in [2.05, 4.69) is 37.2 Å². The van der Waals surface area contributed by atoms with Gasteiger partial charge >= 0.3 is 0 Å². The van der Waals surface area contributed by atoms with Crippen LogP contribution in [0.5, 0.6) is 5.75 Å². The van der Waals surface area contributed by atoms with Gasteiger partial charge in [-0.3, -0.25) is 4.90 Å². The van der Waals surface area contributed by atoms with E-state index in [9.17, 15) is 4.39 Å². The van der Waals surface area contributed by atoms with Gasteiger partial charge < -0.3 is 14.8 Å². The van der Waals surface area contributed by atoms with E-state index >= 15 is 0 Å². The Bertz CT molecular complexity index is 989. The molecular weight excluding hydrogens is 444 g/mol. The Morgan fingerprint density at radius 3 is 2.71 bits per heavy atom. The summed E-state index contributed by atoms with van der Waals surface area (Å²) in [4.78, 5) is 11.0. The predicted octanol–water partition coefficient (Wildman–Crippen LogP) is 4.37. The zero-order chi connectivity index (χ0) is 22.1. The zero-order valence-corrected chi connectivity index (χ0v) is 18.4. The van der Waals surface area contributed by atoms with E-state index in [1.807, 2.05) is 18.2 Å². The number of nitrogens with two attached hydrogens (primary N) is 1. The number of aromatic nitrogens is 2. The summed E-state index contributed by atoms with van der Waals surface area (Å²) >= 11 is 9.99. The lowest BCUT2D eigenvalue weighted by Gasteiger charge is -2.26. The maximum atomic E-state index is 13.4. The van der Waals surface area contributed by atoms with Gasteiger partial charge in [-0.2, -0.15) is 0 Å². The number of nitrogens with zero attached hydrogens (tertiary/aromatic N) is 3. The van der Waals surface area contributed by atoms with Gasteiger partial charge in [0.05, 0.1) is 30.4 Å². The van der Waals surface area contributed by atoms with Gasteiger partial charge in [-0.25, -0.2) is 19.6 Å². The van der Waals surface area contributed by atoms with Crippen molar-refractivity contribution in [1.82, 2.24) is 14.9 Å². The molecule has 0 amide bonds. The highest BCUT2D eigenvalue weighted by Crippen LogP contribution is 2.28. The Kier molecular flexibility index (Phi) is 9.05. The average molecular weight is 468 g/mol. The number of benzene rings is 2. The summed E-state index contributed by atoms with van der Waals surface area (Å²) in [5.41, 5.74) is 1.42. The third-order valence-corrected chi connectivity index (χ3v) is 5.07. The molecule has 10 heteroatoms. The van der Waals surface area contributed by atoms with Crippen molar-refractivity contribution in [2.75, 3.05) is 44.8 Å². The van der Waals surface area contributed by atoms with Crippen molar-refractivity contribution >= 4 is 45.8 Å². The quantitative estimate of drug-likeness (QED) is 0.394. The van der Waals surface area contributed by atoms with E-state index in [0.29, 0.717) is 18.1 Å². The first kappa shape index (κ1) is 23.4. The third kappa shape index (κ3) is 6.62. The van der Waals surface area contributed by atoms with E-state index in [1.165, 1.54) is 18.5 Å². The van der Waals surface area contributed by atoms with Crippen LogP contribution >= 0.6 is 23.4 Å². The van der Waals surface area contributed by atoms with Gasteiger partial charge in [0.1, 0.15) is 23.7 Å². The Morgan fingerprint density at radius 2 is 1.94 bits per heavy atom. The summed E-state index contributed by atoms with van der Waals surface area (Å²) in [6.45, 7) is 5.25. The van der Waals surface area contributed by atoms with Gasteiger partial charge in [0, 0.05) is 36.8 Å². The van der Waals surface area contributed by atoms with Crippen molar-refractivity contribution in [3.63, 3.8) is 0 Å². The third-order valence-electron chi connectivity index (χ3n) is 4.78. The van der Waals surface area contributed by atoms with Gasteiger partial charge in [0.15, 0.2) is 0 Å². The second kappa shape index (κ2) is 12.0. The average Bonchev–Trinajstić information content (AvgIpc) is 2.81. The first-order valence-corrected chi connectivity index (χ1v) is 10.6. The van der Waals surface area contributed by atoms with Crippen LogP contribution in [0, 0.1) is 5.82 Å². The Labute approximate surface area is 190 Å². The number of nitrogens with one attached hydrogen (secondary N) is 1. The molecule has 7 nitrogen and oxygen atoms in total. The fraction of sp³-hybridized carbons (Fsp3) is 0.333. The van der Waals surface area contributed by atoms with E-state index < -0.39 is 5.82 Å². The topological polar surface area (TPSA) is 85.5 Å². The van der Waals surface area contributed by atoms with Crippen molar-refractivity contribution < 1.29 is 13.9 Å². The Morgan fingerprint density at radius 1 is 1.13 bits per heavy atom. The first-order valence-electron chi connectivity index (χ1n) is 9.80. The molecule has 166 valence electrons. The van der Waals surface area contributed by atoms with Gasteiger partial charge in [0.25, 0.3) is 0 Å². The van der Waals surface area contributed by atoms with Crippen LogP contribution in [-0.4, -0.2) is 54.3 Å². The molecule has 2 aromatic carbocycles. The Hall–Kier alpha value is -2.23. The number of hydrogen-bond donors (Lipinski definition) is 2. The number of anilines is 2. The number of fused-ring (bicyclic) bond motifs is 1. The van der Waals surface area contributed by atoms with Crippen molar-refractivity contribution in [2.45, 2.75) is 6.42 Å². The van der Waals surface area contributed by atoms with Crippen LogP contribution in [0.3, 0.4) is 0 Å². The molecule has 0 spiro atoms. The summed E-state index contributed by atoms with van der Waals surface area (Å²) in [6, 6.07) is 10.2. The minimum Gasteiger partial charge on any atom is -0.493 e. The minimum absolute atomic E-state index is 0.0566. The molecule has 0 saturated carbocycles. The second-order valence-electron chi connectivity index (χ2n) is 6.81. The molecule has 0 unspecified atom stereocenters. The molecule has 0 bridgehead atoms. The summed E-state index contributed by atoms with van der Waals surface area (Å²) in [7, 11) is 0. The van der Waals surface area contributed by atoms with Crippen LogP contribution in [0.2, 0.25) is 5.02 Å². The first-order chi connectivity index (χ1) is 15.2. The molecule has 0 atom stereocenters. The molecule has 4 rings (SSSR count). The molecule has 31 heavy (non-hydrogen) atoms. The van der Waals surface area contributed by atoms with Crippen LogP contribution in [0.4, 0.5) is 15.9 Å². The van der Waals surface area contributed by atoms with Gasteiger partial charge in [-0.05, 0) is 48.5 Å². The van der Waals surface area contributed by atoms with Crippen molar-refractivity contribution in [2.24, 2.45) is 5.25 Å². The number of morpholine rings is 1. The van der Waals surface area contributed by atoms with E-state index in [1.54, 1.807) is 6.07 Å². The summed E-state index contributed by atoms with van der Waals surface area (Å²) in [6.07, 6.45) is 2.44. The highest BCUT2D eigenvalue weighted by atomic mass is 35.5. The fourth-order valence-electron chi connectivity index (χ4n) is 3.24. The van der Waals surface area contributed by atoms with Gasteiger partial charge in [0.2, 0.25) is 0 Å².